The quantitative estimate of drug-likeness (QED) is 0.512. The van der Waals surface area contributed by atoms with Gasteiger partial charge >= 0.3 is 5.69 Å². The lowest BCUT2D eigenvalue weighted by Gasteiger charge is -2.06. The van der Waals surface area contributed by atoms with Crippen LogP contribution in [0.5, 0.6) is 0 Å². The number of halogens is 3. The van der Waals surface area contributed by atoms with Crippen LogP contribution >= 0.6 is 34.8 Å². The summed E-state index contributed by atoms with van der Waals surface area (Å²) in [5.74, 6) is -0.866. The van der Waals surface area contributed by atoms with Crippen molar-refractivity contribution < 1.29 is 9.72 Å². The Morgan fingerprint density at radius 2 is 1.86 bits per heavy atom. The van der Waals surface area contributed by atoms with Gasteiger partial charge in [-0.2, -0.15) is 0 Å². The van der Waals surface area contributed by atoms with Crippen molar-refractivity contribution in [2.24, 2.45) is 0 Å². The molecule has 0 radical (unpaired) electrons. The average molecular weight is 347 g/mol. The Bertz CT molecular complexity index is 737. The van der Waals surface area contributed by atoms with Crippen molar-refractivity contribution in [2.45, 2.75) is 0 Å². The number of rotatable bonds is 3. The molecule has 2 rings (SSSR count). The van der Waals surface area contributed by atoms with E-state index in [0.717, 1.165) is 6.07 Å². The number of carbonyl (C=O) groups is 1. The van der Waals surface area contributed by atoms with Gasteiger partial charge in [0.25, 0.3) is 5.91 Å². The Labute approximate surface area is 133 Å². The molecule has 108 valence electrons. The van der Waals surface area contributed by atoms with Gasteiger partial charge < -0.3 is 5.32 Å². The summed E-state index contributed by atoms with van der Waals surface area (Å²) in [6.07, 6.45) is 0. The zero-order chi connectivity index (χ0) is 15.6. The highest BCUT2D eigenvalue weighted by Crippen LogP contribution is 2.26. The van der Waals surface area contributed by atoms with Crippen LogP contribution < -0.4 is 5.32 Å². The molecule has 21 heavy (non-hydrogen) atoms. The van der Waals surface area contributed by atoms with E-state index in [1.54, 1.807) is 0 Å². The molecule has 1 N–H and O–H groups in total. The Balaban J connectivity index is 2.33. The molecule has 9 heteroatoms. The topological polar surface area (TPSA) is 85.1 Å². The van der Waals surface area contributed by atoms with Gasteiger partial charge in [-0.1, -0.05) is 34.8 Å². The number of anilines is 1. The predicted molar refractivity (Wildman–Crippen MR) is 80.3 cm³/mol. The van der Waals surface area contributed by atoms with Crippen LogP contribution in [0, 0.1) is 10.1 Å². The predicted octanol–water partition coefficient (Wildman–Crippen LogP) is 4.20. The molecule has 0 saturated heterocycles. The summed E-state index contributed by atoms with van der Waals surface area (Å²) in [4.78, 5) is 26.0. The Kier molecular flexibility index (Phi) is 4.62. The summed E-state index contributed by atoms with van der Waals surface area (Å²) < 4.78 is 0. The van der Waals surface area contributed by atoms with Gasteiger partial charge in [-0.25, -0.2) is 4.98 Å². The minimum absolute atomic E-state index is 0.0186. The molecule has 0 atom stereocenters. The second-order valence-corrected chi connectivity index (χ2v) is 5.04. The van der Waals surface area contributed by atoms with Crippen molar-refractivity contribution in [3.63, 3.8) is 0 Å². The Morgan fingerprint density at radius 3 is 2.48 bits per heavy atom. The second-order valence-electron chi connectivity index (χ2n) is 3.84. The molecule has 6 nitrogen and oxygen atoms in total. The van der Waals surface area contributed by atoms with Gasteiger partial charge in [0, 0.05) is 11.6 Å². The number of hydrogen-bond acceptors (Lipinski definition) is 4. The SMILES string of the molecule is O=C(Nc1nc(Cl)ccc1[N+](=O)[O-])c1ccc(Cl)c(Cl)c1. The van der Waals surface area contributed by atoms with E-state index in [1.165, 1.54) is 24.3 Å². The summed E-state index contributed by atoms with van der Waals surface area (Å²) in [6.45, 7) is 0. The zero-order valence-corrected chi connectivity index (χ0v) is 12.4. The van der Waals surface area contributed by atoms with E-state index in [1.807, 2.05) is 0 Å². The molecule has 0 aliphatic heterocycles. The van der Waals surface area contributed by atoms with Crippen molar-refractivity contribution in [2.75, 3.05) is 5.32 Å². The highest BCUT2D eigenvalue weighted by Gasteiger charge is 2.19. The van der Waals surface area contributed by atoms with Gasteiger partial charge in [0.05, 0.1) is 15.0 Å². The molecule has 2 aromatic rings. The van der Waals surface area contributed by atoms with Crippen LogP contribution in [0.25, 0.3) is 0 Å². The average Bonchev–Trinajstić information content (AvgIpc) is 2.41. The standard InChI is InChI=1S/C12H6Cl3N3O3/c13-7-2-1-6(5-8(7)14)12(19)17-11-9(18(20)21)3-4-10(15)16-11/h1-5H,(H,16,17,19). The van der Waals surface area contributed by atoms with Crippen LogP contribution in [0.2, 0.25) is 15.2 Å². The lowest BCUT2D eigenvalue weighted by Crippen LogP contribution is -2.14. The van der Waals surface area contributed by atoms with E-state index < -0.39 is 10.8 Å². The Morgan fingerprint density at radius 1 is 1.14 bits per heavy atom. The lowest BCUT2D eigenvalue weighted by atomic mass is 10.2. The van der Waals surface area contributed by atoms with E-state index in [4.69, 9.17) is 34.8 Å². The van der Waals surface area contributed by atoms with Gasteiger partial charge in [0.15, 0.2) is 0 Å². The first kappa shape index (κ1) is 15.5. The maximum Gasteiger partial charge on any atom is 0.311 e. The first-order valence-electron chi connectivity index (χ1n) is 5.46. The molecule has 0 fully saturated rings. The van der Waals surface area contributed by atoms with E-state index in [-0.39, 0.29) is 27.2 Å². The summed E-state index contributed by atoms with van der Waals surface area (Å²) in [5, 5.41) is 13.7. The molecule has 0 unspecified atom stereocenters. The molecule has 1 amide bonds. The van der Waals surface area contributed by atoms with Crippen LogP contribution in [-0.4, -0.2) is 15.8 Å². The minimum Gasteiger partial charge on any atom is -0.301 e. The van der Waals surface area contributed by atoms with Crippen molar-refractivity contribution in [3.05, 3.63) is 61.2 Å². The molecular weight excluding hydrogens is 341 g/mol. The highest BCUT2D eigenvalue weighted by atomic mass is 35.5. The highest BCUT2D eigenvalue weighted by molar-refractivity contribution is 6.42. The molecular formula is C12H6Cl3N3O3. The fraction of sp³-hybridized carbons (Fsp3) is 0. The van der Waals surface area contributed by atoms with E-state index in [2.05, 4.69) is 10.3 Å². The van der Waals surface area contributed by atoms with Crippen molar-refractivity contribution >= 4 is 52.2 Å². The number of nitrogens with one attached hydrogen (secondary N) is 1. The molecule has 0 aliphatic carbocycles. The monoisotopic (exact) mass is 345 g/mol. The molecule has 0 spiro atoms. The van der Waals surface area contributed by atoms with Crippen LogP contribution in [-0.2, 0) is 0 Å². The fourth-order valence-electron chi connectivity index (χ4n) is 1.48. The van der Waals surface area contributed by atoms with Crippen LogP contribution in [0.4, 0.5) is 11.5 Å². The normalized spacial score (nSPS) is 10.2. The number of carbonyl (C=O) groups excluding carboxylic acids is 1. The van der Waals surface area contributed by atoms with Crippen molar-refractivity contribution in [3.8, 4) is 0 Å². The number of aromatic nitrogens is 1. The smallest absolute Gasteiger partial charge is 0.301 e. The van der Waals surface area contributed by atoms with Gasteiger partial charge in [-0.3, -0.25) is 14.9 Å². The summed E-state index contributed by atoms with van der Waals surface area (Å²) in [7, 11) is 0. The fourth-order valence-corrected chi connectivity index (χ4v) is 1.93. The zero-order valence-electron chi connectivity index (χ0n) is 10.1. The second kappa shape index (κ2) is 6.26. The van der Waals surface area contributed by atoms with Gasteiger partial charge in [0.1, 0.15) is 5.15 Å². The molecule has 1 heterocycles. The van der Waals surface area contributed by atoms with Crippen LogP contribution in [0.15, 0.2) is 30.3 Å². The maximum atomic E-state index is 12.0. The lowest BCUT2D eigenvalue weighted by molar-refractivity contribution is -0.384. The third-order valence-electron chi connectivity index (χ3n) is 2.45. The molecule has 1 aromatic heterocycles. The van der Waals surface area contributed by atoms with Crippen LogP contribution in [0.1, 0.15) is 10.4 Å². The first-order chi connectivity index (χ1) is 9.88. The minimum atomic E-state index is -0.673. The molecule has 0 aliphatic rings. The number of nitro groups is 1. The first-order valence-corrected chi connectivity index (χ1v) is 6.59. The van der Waals surface area contributed by atoms with Gasteiger partial charge in [-0.05, 0) is 24.3 Å². The van der Waals surface area contributed by atoms with Crippen molar-refractivity contribution in [1.82, 2.24) is 4.98 Å². The third-order valence-corrected chi connectivity index (χ3v) is 3.40. The van der Waals surface area contributed by atoms with Gasteiger partial charge in [-0.15, -0.1) is 0 Å². The number of pyridine rings is 1. The van der Waals surface area contributed by atoms with E-state index in [9.17, 15) is 14.9 Å². The summed E-state index contributed by atoms with van der Waals surface area (Å²) in [6, 6.07) is 6.63. The summed E-state index contributed by atoms with van der Waals surface area (Å²) >= 11 is 17.2. The van der Waals surface area contributed by atoms with E-state index >= 15 is 0 Å². The molecule has 1 aromatic carbocycles. The van der Waals surface area contributed by atoms with Crippen molar-refractivity contribution in [1.29, 1.82) is 0 Å². The molecule has 0 saturated carbocycles. The number of benzene rings is 1. The van der Waals surface area contributed by atoms with E-state index in [0.29, 0.717) is 5.02 Å². The number of amides is 1. The number of nitrogens with zero attached hydrogens (tertiary/aromatic N) is 2. The molecule has 0 bridgehead atoms. The largest absolute Gasteiger partial charge is 0.311 e. The van der Waals surface area contributed by atoms with Gasteiger partial charge in [0.2, 0.25) is 5.82 Å². The Hall–Kier alpha value is -1.89. The maximum absolute atomic E-state index is 12.0. The third kappa shape index (κ3) is 3.60. The van der Waals surface area contributed by atoms with Crippen LogP contribution in [0.3, 0.4) is 0 Å². The number of hydrogen-bond donors (Lipinski definition) is 1. The summed E-state index contributed by atoms with van der Waals surface area (Å²) in [5.41, 5.74) is -0.187.